The van der Waals surface area contributed by atoms with Crippen molar-refractivity contribution in [2.75, 3.05) is 13.1 Å². The largest absolute Gasteiger partial charge is 0.480 e. The molecule has 54 heavy (non-hydrogen) atoms. The number of unbranched alkanes of at least 4 members (excludes halogenated alkanes) is 14. The molecule has 4 amide bonds. The zero-order valence-corrected chi connectivity index (χ0v) is 33.9. The number of amides is 4. The number of hydrogen-bond acceptors (Lipinski definition) is 8. The monoisotopic (exact) mass is 767 g/mol. The predicted molar refractivity (Wildman–Crippen MR) is 214 cm³/mol. The molecule has 0 aliphatic heterocycles. The van der Waals surface area contributed by atoms with Crippen LogP contribution >= 0.6 is 0 Å². The van der Waals surface area contributed by atoms with Crippen LogP contribution in [0.25, 0.3) is 0 Å². The normalized spacial score (nSPS) is 16.1. The van der Waals surface area contributed by atoms with E-state index in [2.05, 4.69) is 28.2 Å². The van der Waals surface area contributed by atoms with E-state index in [0.29, 0.717) is 58.0 Å². The van der Waals surface area contributed by atoms with Gasteiger partial charge in [-0.25, -0.2) is 4.79 Å². The third-order valence-electron chi connectivity index (χ3n) is 10.7. The molecular formula is C41H78N6O7. The molecule has 5 unspecified atom stereocenters. The predicted octanol–water partition coefficient (Wildman–Crippen LogP) is 5.10. The Balaban J connectivity index is 2.79. The molecule has 1 rings (SSSR count). The van der Waals surface area contributed by atoms with Gasteiger partial charge in [-0.15, -0.1) is 0 Å². The van der Waals surface area contributed by atoms with E-state index in [1.54, 1.807) is 0 Å². The average molecular weight is 767 g/mol. The van der Waals surface area contributed by atoms with E-state index < -0.39 is 54.0 Å². The fraction of sp³-hybridized carbons (Fsp3) is 0.878. The number of aliphatic hydroxyl groups is 1. The Morgan fingerprint density at radius 1 is 0.593 bits per heavy atom. The molecule has 0 spiro atoms. The molecule has 0 bridgehead atoms. The van der Waals surface area contributed by atoms with Crippen molar-refractivity contribution in [3.63, 3.8) is 0 Å². The number of carboxylic acids is 1. The second-order valence-corrected chi connectivity index (χ2v) is 15.6. The lowest BCUT2D eigenvalue weighted by atomic mass is 9.84. The van der Waals surface area contributed by atoms with E-state index >= 15 is 0 Å². The lowest BCUT2D eigenvalue weighted by molar-refractivity contribution is -0.142. The van der Waals surface area contributed by atoms with Gasteiger partial charge in [0.1, 0.15) is 24.2 Å². The lowest BCUT2D eigenvalue weighted by Gasteiger charge is -2.30. The van der Waals surface area contributed by atoms with Crippen LogP contribution in [0.4, 0.5) is 0 Å². The summed E-state index contributed by atoms with van der Waals surface area (Å²) in [7, 11) is 0. The van der Waals surface area contributed by atoms with Crippen molar-refractivity contribution < 1.29 is 34.2 Å². The minimum absolute atomic E-state index is 0.159. The van der Waals surface area contributed by atoms with Crippen molar-refractivity contribution >= 4 is 29.6 Å². The third-order valence-corrected chi connectivity index (χ3v) is 10.7. The summed E-state index contributed by atoms with van der Waals surface area (Å²) >= 11 is 0. The first-order valence-electron chi connectivity index (χ1n) is 21.5. The molecule has 1 aliphatic rings. The highest BCUT2D eigenvalue weighted by Gasteiger charge is 2.34. The molecule has 0 radical (unpaired) electrons. The first-order valence-corrected chi connectivity index (χ1v) is 21.5. The van der Waals surface area contributed by atoms with Crippen molar-refractivity contribution in [2.24, 2.45) is 17.4 Å². The van der Waals surface area contributed by atoms with Gasteiger partial charge in [0.2, 0.25) is 23.6 Å². The number of carbonyl (C=O) groups excluding carboxylic acids is 4. The molecule has 1 fully saturated rings. The quantitative estimate of drug-likeness (QED) is 0.0415. The Morgan fingerprint density at radius 3 is 1.57 bits per heavy atom. The van der Waals surface area contributed by atoms with Crippen LogP contribution in [0.2, 0.25) is 0 Å². The molecule has 0 aromatic heterocycles. The van der Waals surface area contributed by atoms with E-state index in [4.69, 9.17) is 11.5 Å². The van der Waals surface area contributed by atoms with Crippen LogP contribution in [0.5, 0.6) is 0 Å². The van der Waals surface area contributed by atoms with Crippen molar-refractivity contribution in [1.29, 1.82) is 0 Å². The number of hydrogen-bond donors (Lipinski definition) is 8. The van der Waals surface area contributed by atoms with E-state index in [9.17, 15) is 34.2 Å². The van der Waals surface area contributed by atoms with Crippen molar-refractivity contribution in [3.05, 3.63) is 0 Å². The van der Waals surface area contributed by atoms with Gasteiger partial charge >= 0.3 is 5.97 Å². The average Bonchev–Trinajstić information content (AvgIpc) is 3.14. The van der Waals surface area contributed by atoms with Gasteiger partial charge in [0, 0.05) is 6.42 Å². The summed E-state index contributed by atoms with van der Waals surface area (Å²) in [5.41, 5.74) is 11.2. The SMILES string of the molecule is CCCCCCCCCCCCCCCC(=O)NC(CCCCN)C(=O)NC(C(=O)NC(CC1CCCCC1)C(=O)NC(CCCCN)C(=O)O)C(C)O. The number of rotatable bonds is 33. The summed E-state index contributed by atoms with van der Waals surface area (Å²) in [6.07, 6.45) is 22.7. The second kappa shape index (κ2) is 31.4. The molecule has 5 atom stereocenters. The number of carboxylic acid groups (broad SMARTS) is 1. The molecule has 0 heterocycles. The molecule has 314 valence electrons. The van der Waals surface area contributed by atoms with Gasteiger partial charge in [-0.3, -0.25) is 19.2 Å². The highest BCUT2D eigenvalue weighted by atomic mass is 16.4. The van der Waals surface area contributed by atoms with Crippen LogP contribution in [0.1, 0.15) is 181 Å². The summed E-state index contributed by atoms with van der Waals surface area (Å²) in [5.74, 6) is -3.24. The Kier molecular flexibility index (Phi) is 28.7. The van der Waals surface area contributed by atoms with Crippen LogP contribution < -0.4 is 32.7 Å². The molecular weight excluding hydrogens is 688 g/mol. The maximum Gasteiger partial charge on any atom is 0.326 e. The standard InChI is InChI=1S/C41H78N6O7/c1-3-4-5-6-7-8-9-10-11-12-13-14-18-27-36(49)44-33(25-19-21-28-42)38(50)47-37(31(2)48)40(52)46-35(30-32-23-16-15-17-24-32)39(51)45-34(41(53)54)26-20-22-29-43/h31-35,37,48H,3-30,42-43H2,1-2H3,(H,44,49)(H,45,51)(H,46,52)(H,47,50)(H,53,54). The van der Waals surface area contributed by atoms with Crippen LogP contribution in [0.3, 0.4) is 0 Å². The molecule has 0 aromatic rings. The number of nitrogens with two attached hydrogens (primary N) is 2. The van der Waals surface area contributed by atoms with Gasteiger partial charge in [-0.2, -0.15) is 0 Å². The Hall–Kier alpha value is -2.77. The maximum atomic E-state index is 13.7. The van der Waals surface area contributed by atoms with Gasteiger partial charge in [-0.1, -0.05) is 116 Å². The fourth-order valence-corrected chi connectivity index (χ4v) is 7.26. The van der Waals surface area contributed by atoms with Crippen LogP contribution in [-0.4, -0.2) is 83.2 Å². The van der Waals surface area contributed by atoms with Crippen molar-refractivity contribution in [2.45, 2.75) is 211 Å². The van der Waals surface area contributed by atoms with E-state index in [1.165, 1.54) is 64.7 Å². The van der Waals surface area contributed by atoms with Gasteiger partial charge in [0.05, 0.1) is 6.10 Å². The van der Waals surface area contributed by atoms with Crippen molar-refractivity contribution in [3.8, 4) is 0 Å². The fourth-order valence-electron chi connectivity index (χ4n) is 7.26. The van der Waals surface area contributed by atoms with E-state index in [1.807, 2.05) is 0 Å². The second-order valence-electron chi connectivity index (χ2n) is 15.6. The summed E-state index contributed by atoms with van der Waals surface area (Å²) in [4.78, 5) is 65.6. The molecule has 1 saturated carbocycles. The zero-order chi connectivity index (χ0) is 40.0. The van der Waals surface area contributed by atoms with Crippen LogP contribution in [-0.2, 0) is 24.0 Å². The van der Waals surface area contributed by atoms with Gasteiger partial charge < -0.3 is 42.9 Å². The Morgan fingerprint density at radius 2 is 1.07 bits per heavy atom. The molecule has 1 aliphatic carbocycles. The van der Waals surface area contributed by atoms with Gasteiger partial charge in [0.25, 0.3) is 0 Å². The molecule has 0 aromatic carbocycles. The molecule has 0 saturated heterocycles. The van der Waals surface area contributed by atoms with Gasteiger partial charge in [-0.05, 0) is 77.3 Å². The first kappa shape index (κ1) is 49.2. The minimum Gasteiger partial charge on any atom is -0.480 e. The molecule has 13 heteroatoms. The third kappa shape index (κ3) is 23.2. The Labute approximate surface area is 326 Å². The Bertz CT molecular complexity index is 1040. The lowest BCUT2D eigenvalue weighted by Crippen LogP contribution is -2.60. The topological polar surface area (TPSA) is 226 Å². The summed E-state index contributed by atoms with van der Waals surface area (Å²) in [5, 5.41) is 31.2. The summed E-state index contributed by atoms with van der Waals surface area (Å²) in [6.45, 7) is 4.45. The van der Waals surface area contributed by atoms with E-state index in [-0.39, 0.29) is 18.2 Å². The van der Waals surface area contributed by atoms with Crippen molar-refractivity contribution in [1.82, 2.24) is 21.3 Å². The van der Waals surface area contributed by atoms with Crippen LogP contribution in [0.15, 0.2) is 0 Å². The number of carbonyl (C=O) groups is 5. The smallest absolute Gasteiger partial charge is 0.326 e. The molecule has 10 N–H and O–H groups in total. The number of aliphatic carboxylic acids is 1. The number of aliphatic hydroxyl groups excluding tert-OH is 1. The summed E-state index contributed by atoms with van der Waals surface area (Å²) < 4.78 is 0. The minimum atomic E-state index is -1.41. The number of nitrogens with one attached hydrogen (secondary N) is 4. The maximum absolute atomic E-state index is 13.7. The zero-order valence-electron chi connectivity index (χ0n) is 33.9. The van der Waals surface area contributed by atoms with Gasteiger partial charge in [0.15, 0.2) is 0 Å². The highest BCUT2D eigenvalue weighted by molar-refractivity contribution is 5.95. The highest BCUT2D eigenvalue weighted by Crippen LogP contribution is 2.27. The molecule has 13 nitrogen and oxygen atoms in total. The van der Waals surface area contributed by atoms with E-state index in [0.717, 1.165) is 57.8 Å². The first-order chi connectivity index (χ1) is 26.0. The summed E-state index contributed by atoms with van der Waals surface area (Å²) in [6, 6.07) is -4.53. The van der Waals surface area contributed by atoms with Crippen LogP contribution in [0, 0.1) is 5.92 Å².